The summed E-state index contributed by atoms with van der Waals surface area (Å²) in [4.78, 5) is 25.3. The predicted octanol–water partition coefficient (Wildman–Crippen LogP) is 0.544. The van der Waals surface area contributed by atoms with Crippen LogP contribution in [0.5, 0.6) is 0 Å². The summed E-state index contributed by atoms with van der Waals surface area (Å²) in [6.07, 6.45) is 3.34. The lowest BCUT2D eigenvalue weighted by Gasteiger charge is -2.29. The minimum Gasteiger partial charge on any atom is -0.338 e. The standard InChI is InChI=1S/C14H28N4O2/c1-3-9-18(10-12-5-7-15-8-6-12)11-13(19)17-14(20)16-4-2/h12,15H,3-11H2,1-2H3,(H2,16,17,19,20). The molecule has 116 valence electrons. The summed E-state index contributed by atoms with van der Waals surface area (Å²) in [7, 11) is 0. The summed E-state index contributed by atoms with van der Waals surface area (Å²) in [5.74, 6) is 0.429. The molecule has 0 bridgehead atoms. The monoisotopic (exact) mass is 284 g/mol. The summed E-state index contributed by atoms with van der Waals surface area (Å²) in [6, 6.07) is -0.407. The van der Waals surface area contributed by atoms with Crippen molar-refractivity contribution in [3.8, 4) is 0 Å². The van der Waals surface area contributed by atoms with E-state index >= 15 is 0 Å². The molecule has 1 heterocycles. The number of carbonyl (C=O) groups excluding carboxylic acids is 2. The van der Waals surface area contributed by atoms with Gasteiger partial charge in [-0.3, -0.25) is 15.0 Å². The van der Waals surface area contributed by atoms with Gasteiger partial charge in [0.05, 0.1) is 6.54 Å². The average molecular weight is 284 g/mol. The highest BCUT2D eigenvalue weighted by molar-refractivity contribution is 5.95. The molecule has 3 amide bonds. The number of rotatable bonds is 7. The van der Waals surface area contributed by atoms with E-state index in [2.05, 4.69) is 27.8 Å². The van der Waals surface area contributed by atoms with E-state index < -0.39 is 6.03 Å². The van der Waals surface area contributed by atoms with E-state index in [1.807, 2.05) is 6.92 Å². The summed E-state index contributed by atoms with van der Waals surface area (Å²) in [6.45, 7) is 8.72. The molecule has 0 radical (unpaired) electrons. The van der Waals surface area contributed by atoms with Crippen molar-refractivity contribution in [1.29, 1.82) is 0 Å². The zero-order valence-electron chi connectivity index (χ0n) is 12.7. The lowest BCUT2D eigenvalue weighted by molar-refractivity contribution is -0.121. The first-order valence-electron chi connectivity index (χ1n) is 7.66. The van der Waals surface area contributed by atoms with Gasteiger partial charge in [-0.25, -0.2) is 4.79 Å². The molecule has 0 atom stereocenters. The average Bonchev–Trinajstić information content (AvgIpc) is 2.40. The van der Waals surface area contributed by atoms with E-state index in [0.29, 0.717) is 19.0 Å². The third kappa shape index (κ3) is 6.86. The number of hydrogen-bond donors (Lipinski definition) is 3. The number of piperidine rings is 1. The van der Waals surface area contributed by atoms with Crippen molar-refractivity contribution in [2.45, 2.75) is 33.1 Å². The second-order valence-corrected chi connectivity index (χ2v) is 5.34. The number of amides is 3. The van der Waals surface area contributed by atoms with Crippen molar-refractivity contribution in [3.63, 3.8) is 0 Å². The summed E-state index contributed by atoms with van der Waals surface area (Å²) >= 11 is 0. The number of nitrogens with zero attached hydrogens (tertiary/aromatic N) is 1. The van der Waals surface area contributed by atoms with Gasteiger partial charge in [0.15, 0.2) is 0 Å². The van der Waals surface area contributed by atoms with Crippen LogP contribution in [0.2, 0.25) is 0 Å². The zero-order chi connectivity index (χ0) is 14.8. The highest BCUT2D eigenvalue weighted by atomic mass is 16.2. The van der Waals surface area contributed by atoms with Crippen molar-refractivity contribution < 1.29 is 9.59 Å². The predicted molar refractivity (Wildman–Crippen MR) is 79.5 cm³/mol. The molecule has 6 heteroatoms. The normalized spacial score (nSPS) is 16.1. The van der Waals surface area contributed by atoms with Crippen LogP contribution in [0.25, 0.3) is 0 Å². The molecule has 1 fully saturated rings. The van der Waals surface area contributed by atoms with E-state index in [1.165, 1.54) is 0 Å². The molecule has 0 aromatic heterocycles. The second kappa shape index (κ2) is 9.72. The fourth-order valence-electron chi connectivity index (χ4n) is 2.55. The van der Waals surface area contributed by atoms with Crippen molar-refractivity contribution >= 4 is 11.9 Å². The van der Waals surface area contributed by atoms with Crippen LogP contribution in [0, 0.1) is 5.92 Å². The molecule has 1 rings (SSSR count). The van der Waals surface area contributed by atoms with Gasteiger partial charge in [0.1, 0.15) is 0 Å². The molecule has 0 spiro atoms. The smallest absolute Gasteiger partial charge is 0.321 e. The first kappa shape index (κ1) is 16.9. The highest BCUT2D eigenvalue weighted by Crippen LogP contribution is 2.13. The molecule has 1 aliphatic heterocycles. The van der Waals surface area contributed by atoms with Crippen LogP contribution in [-0.2, 0) is 4.79 Å². The maximum absolute atomic E-state index is 11.8. The molecule has 3 N–H and O–H groups in total. The Kier molecular flexibility index (Phi) is 8.22. The van der Waals surface area contributed by atoms with Crippen LogP contribution in [0.1, 0.15) is 33.1 Å². The summed E-state index contributed by atoms with van der Waals surface area (Å²) < 4.78 is 0. The number of hydrogen-bond acceptors (Lipinski definition) is 4. The molecule has 1 aliphatic rings. The van der Waals surface area contributed by atoms with Crippen LogP contribution < -0.4 is 16.0 Å². The Morgan fingerprint density at radius 3 is 2.55 bits per heavy atom. The van der Waals surface area contributed by atoms with E-state index in [0.717, 1.165) is 45.4 Å². The Bertz CT molecular complexity index is 304. The maximum atomic E-state index is 11.8. The number of imide groups is 1. The maximum Gasteiger partial charge on any atom is 0.321 e. The Morgan fingerprint density at radius 2 is 1.95 bits per heavy atom. The van der Waals surface area contributed by atoms with Gasteiger partial charge in [0.2, 0.25) is 5.91 Å². The Morgan fingerprint density at radius 1 is 1.25 bits per heavy atom. The van der Waals surface area contributed by atoms with Crippen molar-refractivity contribution in [1.82, 2.24) is 20.9 Å². The van der Waals surface area contributed by atoms with Crippen LogP contribution >= 0.6 is 0 Å². The molecule has 6 nitrogen and oxygen atoms in total. The molecule has 0 aromatic rings. The van der Waals surface area contributed by atoms with Gasteiger partial charge in [-0.1, -0.05) is 6.92 Å². The Balaban J connectivity index is 2.36. The van der Waals surface area contributed by atoms with Crippen molar-refractivity contribution in [2.24, 2.45) is 5.92 Å². The van der Waals surface area contributed by atoms with Gasteiger partial charge in [-0.05, 0) is 51.7 Å². The van der Waals surface area contributed by atoms with Gasteiger partial charge in [0, 0.05) is 13.1 Å². The minimum atomic E-state index is -0.407. The molecule has 20 heavy (non-hydrogen) atoms. The summed E-state index contributed by atoms with van der Waals surface area (Å²) in [5, 5.41) is 8.28. The SMILES string of the molecule is CCCN(CC(=O)NC(=O)NCC)CC1CCNCC1. The van der Waals surface area contributed by atoms with E-state index in [4.69, 9.17) is 0 Å². The zero-order valence-corrected chi connectivity index (χ0v) is 12.7. The van der Waals surface area contributed by atoms with Crippen LogP contribution in [0.15, 0.2) is 0 Å². The van der Waals surface area contributed by atoms with E-state index in [9.17, 15) is 9.59 Å². The Hall–Kier alpha value is -1.14. The summed E-state index contributed by atoms with van der Waals surface area (Å²) in [5.41, 5.74) is 0. The first-order valence-corrected chi connectivity index (χ1v) is 7.66. The first-order chi connectivity index (χ1) is 9.65. The third-order valence-electron chi connectivity index (χ3n) is 3.47. The number of carbonyl (C=O) groups is 2. The van der Waals surface area contributed by atoms with Gasteiger partial charge >= 0.3 is 6.03 Å². The second-order valence-electron chi connectivity index (χ2n) is 5.34. The molecule has 0 unspecified atom stereocenters. The molecule has 1 saturated heterocycles. The molecule has 0 aliphatic carbocycles. The minimum absolute atomic E-state index is 0.224. The largest absolute Gasteiger partial charge is 0.338 e. The number of urea groups is 1. The van der Waals surface area contributed by atoms with Crippen molar-refractivity contribution in [2.75, 3.05) is 39.3 Å². The fraction of sp³-hybridized carbons (Fsp3) is 0.857. The van der Waals surface area contributed by atoms with Gasteiger partial charge < -0.3 is 10.6 Å². The van der Waals surface area contributed by atoms with Crippen molar-refractivity contribution in [3.05, 3.63) is 0 Å². The third-order valence-corrected chi connectivity index (χ3v) is 3.47. The fourth-order valence-corrected chi connectivity index (χ4v) is 2.55. The van der Waals surface area contributed by atoms with Gasteiger partial charge in [0.25, 0.3) is 0 Å². The lowest BCUT2D eigenvalue weighted by Crippen LogP contribution is -2.46. The van der Waals surface area contributed by atoms with Crippen LogP contribution in [0.3, 0.4) is 0 Å². The topological polar surface area (TPSA) is 73.5 Å². The van der Waals surface area contributed by atoms with Gasteiger partial charge in [-0.15, -0.1) is 0 Å². The molecular weight excluding hydrogens is 256 g/mol. The molecular formula is C14H28N4O2. The Labute approximate surface area is 121 Å². The van der Waals surface area contributed by atoms with E-state index in [1.54, 1.807) is 0 Å². The lowest BCUT2D eigenvalue weighted by atomic mass is 9.97. The highest BCUT2D eigenvalue weighted by Gasteiger charge is 2.19. The van der Waals surface area contributed by atoms with Crippen LogP contribution in [0.4, 0.5) is 4.79 Å². The number of nitrogens with one attached hydrogen (secondary N) is 3. The van der Waals surface area contributed by atoms with Gasteiger partial charge in [-0.2, -0.15) is 0 Å². The quantitative estimate of drug-likeness (QED) is 0.638. The molecule has 0 saturated carbocycles. The molecule has 0 aromatic carbocycles. The van der Waals surface area contributed by atoms with E-state index in [-0.39, 0.29) is 5.91 Å². The van der Waals surface area contributed by atoms with Crippen LogP contribution in [-0.4, -0.2) is 56.1 Å².